The van der Waals surface area contributed by atoms with Crippen molar-refractivity contribution in [2.45, 2.75) is 26.9 Å². The molecule has 0 N–H and O–H groups in total. The van der Waals surface area contributed by atoms with Crippen LogP contribution in [0.3, 0.4) is 0 Å². The summed E-state index contributed by atoms with van der Waals surface area (Å²) in [5, 5.41) is 0.582. The van der Waals surface area contributed by atoms with Gasteiger partial charge in [0.15, 0.2) is 11.7 Å². The molecule has 0 bridgehead atoms. The highest BCUT2D eigenvalue weighted by atomic mass is 16.5. The molecular weight excluding hydrogens is 300 g/mol. The summed E-state index contributed by atoms with van der Waals surface area (Å²) in [5.41, 5.74) is -0.351. The molecule has 23 heavy (non-hydrogen) atoms. The fraction of sp³-hybridized carbons (Fsp3) is 0.353. The molecule has 0 aliphatic rings. The molecule has 0 aliphatic heterocycles. The standard InChI is InChI=1S/C17H18O6/c1-9(2)16(22-10(3)18)15(20)14-12(21-4)7-5-11-6-8-13(19)23-17(11)14/h5-9,16H,1-4H3. The maximum atomic E-state index is 12.9. The number of fused-ring (bicyclic) bond motifs is 1. The van der Waals surface area contributed by atoms with Crippen molar-refractivity contribution in [2.75, 3.05) is 7.11 Å². The number of ketones is 1. The van der Waals surface area contributed by atoms with Crippen LogP contribution in [0.2, 0.25) is 0 Å². The maximum Gasteiger partial charge on any atom is 0.336 e. The fourth-order valence-electron chi connectivity index (χ4n) is 2.33. The molecule has 6 heteroatoms. The second-order valence-corrected chi connectivity index (χ2v) is 5.45. The van der Waals surface area contributed by atoms with Crippen molar-refractivity contribution in [3.63, 3.8) is 0 Å². The number of Topliss-reactive ketones (excluding diaryl/α,β-unsaturated/α-hetero) is 1. The average Bonchev–Trinajstić information content (AvgIpc) is 2.50. The Bertz CT molecular complexity index is 802. The van der Waals surface area contributed by atoms with Crippen molar-refractivity contribution in [3.8, 4) is 5.75 Å². The van der Waals surface area contributed by atoms with Gasteiger partial charge in [-0.1, -0.05) is 13.8 Å². The van der Waals surface area contributed by atoms with E-state index in [1.807, 2.05) is 0 Å². The molecule has 122 valence electrons. The highest BCUT2D eigenvalue weighted by Gasteiger charge is 2.31. The smallest absolute Gasteiger partial charge is 0.336 e. The van der Waals surface area contributed by atoms with Crippen LogP contribution < -0.4 is 10.4 Å². The molecule has 1 atom stereocenters. The van der Waals surface area contributed by atoms with Crippen LogP contribution in [0.4, 0.5) is 0 Å². The molecule has 0 aliphatic carbocycles. The van der Waals surface area contributed by atoms with E-state index < -0.39 is 23.5 Å². The van der Waals surface area contributed by atoms with E-state index in [1.54, 1.807) is 32.0 Å². The Morgan fingerprint density at radius 1 is 1.13 bits per heavy atom. The van der Waals surface area contributed by atoms with Gasteiger partial charge in [-0.25, -0.2) is 4.79 Å². The van der Waals surface area contributed by atoms with E-state index in [9.17, 15) is 14.4 Å². The highest BCUT2D eigenvalue weighted by Crippen LogP contribution is 2.30. The molecule has 1 aromatic carbocycles. The van der Waals surface area contributed by atoms with Gasteiger partial charge in [0, 0.05) is 18.4 Å². The zero-order valence-corrected chi connectivity index (χ0v) is 13.4. The SMILES string of the molecule is COc1ccc2ccc(=O)oc2c1C(=O)C(OC(C)=O)C(C)C. The lowest BCUT2D eigenvalue weighted by molar-refractivity contribution is -0.146. The number of methoxy groups -OCH3 is 1. The van der Waals surface area contributed by atoms with Gasteiger partial charge in [0.1, 0.15) is 11.3 Å². The molecule has 1 aromatic heterocycles. The number of hydrogen-bond acceptors (Lipinski definition) is 6. The minimum absolute atomic E-state index is 0.0997. The third-order valence-electron chi connectivity index (χ3n) is 3.37. The van der Waals surface area contributed by atoms with E-state index in [2.05, 4.69) is 0 Å². The summed E-state index contributed by atoms with van der Waals surface area (Å²) >= 11 is 0. The van der Waals surface area contributed by atoms with Crippen molar-refractivity contribution in [1.82, 2.24) is 0 Å². The van der Waals surface area contributed by atoms with Crippen LogP contribution in [0.1, 0.15) is 31.1 Å². The normalized spacial score (nSPS) is 12.2. The molecule has 1 unspecified atom stereocenters. The summed E-state index contributed by atoms with van der Waals surface area (Å²) in [6.45, 7) is 4.77. The van der Waals surface area contributed by atoms with Crippen LogP contribution >= 0.6 is 0 Å². The predicted octanol–water partition coefficient (Wildman–Crippen LogP) is 2.57. The number of carbonyl (C=O) groups excluding carboxylic acids is 2. The van der Waals surface area contributed by atoms with Gasteiger partial charge < -0.3 is 13.9 Å². The molecule has 0 saturated carbocycles. The number of esters is 1. The Kier molecular flexibility index (Phi) is 4.83. The van der Waals surface area contributed by atoms with E-state index in [4.69, 9.17) is 13.9 Å². The molecule has 0 amide bonds. The minimum atomic E-state index is -0.988. The third-order valence-corrected chi connectivity index (χ3v) is 3.37. The molecule has 0 spiro atoms. The minimum Gasteiger partial charge on any atom is -0.496 e. The number of hydrogen-bond donors (Lipinski definition) is 0. The van der Waals surface area contributed by atoms with Gasteiger partial charge >= 0.3 is 11.6 Å². The Morgan fingerprint density at radius 2 is 1.78 bits per heavy atom. The molecule has 0 radical (unpaired) electrons. The van der Waals surface area contributed by atoms with Gasteiger partial charge in [-0.05, 0) is 24.1 Å². The van der Waals surface area contributed by atoms with Gasteiger partial charge in [0.05, 0.1) is 7.11 Å². The Balaban J connectivity index is 2.68. The quantitative estimate of drug-likeness (QED) is 0.479. The number of ether oxygens (including phenoxy) is 2. The van der Waals surface area contributed by atoms with Crippen molar-refractivity contribution in [2.24, 2.45) is 5.92 Å². The molecule has 6 nitrogen and oxygen atoms in total. The van der Waals surface area contributed by atoms with Crippen LogP contribution in [0.25, 0.3) is 11.0 Å². The van der Waals surface area contributed by atoms with Gasteiger partial charge in [-0.3, -0.25) is 9.59 Å². The average molecular weight is 318 g/mol. The van der Waals surface area contributed by atoms with E-state index >= 15 is 0 Å². The van der Waals surface area contributed by atoms with E-state index in [1.165, 1.54) is 20.1 Å². The number of carbonyl (C=O) groups is 2. The summed E-state index contributed by atoms with van der Waals surface area (Å²) in [6, 6.07) is 6.13. The summed E-state index contributed by atoms with van der Waals surface area (Å²) in [4.78, 5) is 35.7. The second kappa shape index (κ2) is 6.64. The van der Waals surface area contributed by atoms with Gasteiger partial charge in [0.2, 0.25) is 5.78 Å². The van der Waals surface area contributed by atoms with E-state index in [0.29, 0.717) is 5.39 Å². The second-order valence-electron chi connectivity index (χ2n) is 5.45. The summed E-state index contributed by atoms with van der Waals surface area (Å²) in [5.74, 6) is -1.01. The number of benzene rings is 1. The molecule has 1 heterocycles. The van der Waals surface area contributed by atoms with Crippen molar-refractivity contribution in [1.29, 1.82) is 0 Å². The largest absolute Gasteiger partial charge is 0.496 e. The monoisotopic (exact) mass is 318 g/mol. The fourth-order valence-corrected chi connectivity index (χ4v) is 2.33. The zero-order chi connectivity index (χ0) is 17.1. The Hall–Kier alpha value is -2.63. The number of rotatable bonds is 5. The lowest BCUT2D eigenvalue weighted by Gasteiger charge is -2.20. The topological polar surface area (TPSA) is 82.8 Å². The van der Waals surface area contributed by atoms with Crippen molar-refractivity contribution in [3.05, 3.63) is 40.2 Å². The highest BCUT2D eigenvalue weighted by molar-refractivity contribution is 6.11. The molecule has 2 rings (SSSR count). The van der Waals surface area contributed by atoms with E-state index in [-0.39, 0.29) is 22.8 Å². The molecule has 2 aromatic rings. The molecule has 0 saturated heterocycles. The summed E-state index contributed by atoms with van der Waals surface area (Å²) < 4.78 is 15.6. The van der Waals surface area contributed by atoms with Gasteiger partial charge in [-0.15, -0.1) is 0 Å². The summed E-state index contributed by atoms with van der Waals surface area (Å²) in [6.07, 6.45) is -0.988. The Morgan fingerprint density at radius 3 is 2.35 bits per heavy atom. The third kappa shape index (κ3) is 3.41. The lowest BCUT2D eigenvalue weighted by Crippen LogP contribution is -2.32. The molecule has 0 fully saturated rings. The Labute approximate surface area is 133 Å². The van der Waals surface area contributed by atoms with Crippen LogP contribution in [0.5, 0.6) is 5.75 Å². The first-order chi connectivity index (χ1) is 10.8. The van der Waals surface area contributed by atoms with Crippen molar-refractivity contribution < 1.29 is 23.5 Å². The first-order valence-corrected chi connectivity index (χ1v) is 7.17. The van der Waals surface area contributed by atoms with Gasteiger partial charge in [-0.2, -0.15) is 0 Å². The summed E-state index contributed by atoms with van der Waals surface area (Å²) in [7, 11) is 1.41. The van der Waals surface area contributed by atoms with Crippen LogP contribution in [-0.4, -0.2) is 25.0 Å². The van der Waals surface area contributed by atoms with Crippen molar-refractivity contribution >= 4 is 22.7 Å². The maximum absolute atomic E-state index is 12.9. The first kappa shape index (κ1) is 16.7. The van der Waals surface area contributed by atoms with Gasteiger partial charge in [0.25, 0.3) is 0 Å². The zero-order valence-electron chi connectivity index (χ0n) is 13.4. The lowest BCUT2D eigenvalue weighted by atomic mass is 9.95. The van der Waals surface area contributed by atoms with E-state index in [0.717, 1.165) is 0 Å². The first-order valence-electron chi connectivity index (χ1n) is 7.17. The predicted molar refractivity (Wildman–Crippen MR) is 83.8 cm³/mol. The van der Waals surface area contributed by atoms with Crippen LogP contribution in [0, 0.1) is 5.92 Å². The van der Waals surface area contributed by atoms with Crippen LogP contribution in [0.15, 0.2) is 33.5 Å². The van der Waals surface area contributed by atoms with Crippen LogP contribution in [-0.2, 0) is 9.53 Å². The molecular formula is C17H18O6.